The monoisotopic (exact) mass is 318 g/mol. The summed E-state index contributed by atoms with van der Waals surface area (Å²) in [6.07, 6.45) is -3.04. The van der Waals surface area contributed by atoms with Crippen LogP contribution in [-0.2, 0) is 17.4 Å². The minimum absolute atomic E-state index is 0.0586. The van der Waals surface area contributed by atoms with Gasteiger partial charge >= 0.3 is 6.18 Å². The highest BCUT2D eigenvalue weighted by Crippen LogP contribution is 2.32. The van der Waals surface area contributed by atoms with Crippen LogP contribution in [0.5, 0.6) is 0 Å². The highest BCUT2D eigenvalue weighted by molar-refractivity contribution is 6.03. The Bertz CT molecular complexity index is 768. The molecule has 0 saturated carbocycles. The number of benzodiazepines with no additional fused rings is 1. The number of nitrogens with one attached hydrogen (secondary N) is 1. The van der Waals surface area contributed by atoms with Crippen molar-refractivity contribution < 1.29 is 18.0 Å². The number of aliphatic imine (C=N–C) groups is 1. The summed E-state index contributed by atoms with van der Waals surface area (Å²) >= 11 is 0. The number of alkyl halides is 3. The zero-order valence-electron chi connectivity index (χ0n) is 12.0. The van der Waals surface area contributed by atoms with Gasteiger partial charge in [-0.2, -0.15) is 13.2 Å². The smallest absolute Gasteiger partial charge is 0.324 e. The van der Waals surface area contributed by atoms with Gasteiger partial charge in [-0.05, 0) is 17.7 Å². The minimum Gasteiger partial charge on any atom is -0.324 e. The Balaban J connectivity index is 1.89. The van der Waals surface area contributed by atoms with Crippen LogP contribution in [0.25, 0.3) is 0 Å². The van der Waals surface area contributed by atoms with Crippen LogP contribution in [0.1, 0.15) is 16.7 Å². The largest absolute Gasteiger partial charge is 0.416 e. The fourth-order valence-corrected chi connectivity index (χ4v) is 2.51. The van der Waals surface area contributed by atoms with Gasteiger partial charge in [-0.25, -0.2) is 0 Å². The maximum Gasteiger partial charge on any atom is 0.416 e. The number of halogens is 3. The lowest BCUT2D eigenvalue weighted by molar-refractivity contribution is -0.138. The topological polar surface area (TPSA) is 41.5 Å². The van der Waals surface area contributed by atoms with Crippen LogP contribution in [-0.4, -0.2) is 18.2 Å². The van der Waals surface area contributed by atoms with Gasteiger partial charge in [0.05, 0.1) is 5.56 Å². The molecule has 2 aromatic carbocycles. The van der Waals surface area contributed by atoms with Crippen molar-refractivity contribution in [2.45, 2.75) is 18.6 Å². The van der Waals surface area contributed by atoms with Gasteiger partial charge in [0.15, 0.2) is 0 Å². The van der Waals surface area contributed by atoms with Crippen LogP contribution in [0.2, 0.25) is 0 Å². The summed E-state index contributed by atoms with van der Waals surface area (Å²) in [6, 6.07) is 11.4. The number of carbonyl (C=O) groups is 1. The zero-order chi connectivity index (χ0) is 16.4. The first-order valence-electron chi connectivity index (χ1n) is 7.03. The molecule has 0 spiro atoms. The number of hydrogen-bond donors (Lipinski definition) is 1. The Morgan fingerprint density at radius 1 is 1.04 bits per heavy atom. The average molecular weight is 318 g/mol. The Morgan fingerprint density at radius 3 is 2.52 bits per heavy atom. The summed E-state index contributed by atoms with van der Waals surface area (Å²) in [4.78, 5) is 16.4. The van der Waals surface area contributed by atoms with Crippen molar-refractivity contribution in [3.05, 3.63) is 65.2 Å². The molecule has 1 aliphatic heterocycles. The molecule has 6 heteroatoms. The van der Waals surface area contributed by atoms with Crippen LogP contribution in [0.3, 0.4) is 0 Å². The number of hydrogen-bond acceptors (Lipinski definition) is 2. The lowest BCUT2D eigenvalue weighted by Crippen LogP contribution is -2.28. The van der Waals surface area contributed by atoms with Gasteiger partial charge in [0, 0.05) is 23.9 Å². The van der Waals surface area contributed by atoms with Crippen LogP contribution < -0.4 is 5.32 Å². The maximum absolute atomic E-state index is 13.1. The van der Waals surface area contributed by atoms with E-state index < -0.39 is 23.7 Å². The van der Waals surface area contributed by atoms with Crippen LogP contribution in [0, 0.1) is 0 Å². The normalized spacial score (nSPS) is 17.3. The van der Waals surface area contributed by atoms with Gasteiger partial charge in [-0.1, -0.05) is 36.4 Å². The maximum atomic E-state index is 13.1. The van der Waals surface area contributed by atoms with Crippen molar-refractivity contribution in [2.75, 3.05) is 5.32 Å². The van der Waals surface area contributed by atoms with Crippen molar-refractivity contribution in [3.8, 4) is 0 Å². The summed E-state index contributed by atoms with van der Waals surface area (Å²) in [5.74, 6) is -0.414. The highest BCUT2D eigenvalue weighted by atomic mass is 19.4. The number of rotatable bonds is 2. The molecule has 1 amide bonds. The fraction of sp³-hybridized carbons (Fsp3) is 0.176. The Labute approximate surface area is 130 Å². The quantitative estimate of drug-likeness (QED) is 0.901. The third-order valence-electron chi connectivity index (χ3n) is 3.65. The molecule has 1 N–H and O–H groups in total. The number of nitrogens with zero attached hydrogens (tertiary/aromatic N) is 1. The molecule has 0 bridgehead atoms. The summed E-state index contributed by atoms with van der Waals surface area (Å²) in [5.41, 5.74) is 0.660. The SMILES string of the molecule is O=C1Nc2ccccc2C=NC1Cc1ccccc1C(F)(F)F. The molecule has 1 aliphatic rings. The summed E-state index contributed by atoms with van der Waals surface area (Å²) in [7, 11) is 0. The molecule has 1 heterocycles. The first-order valence-corrected chi connectivity index (χ1v) is 7.03. The van der Waals surface area contributed by atoms with Crippen molar-refractivity contribution in [1.29, 1.82) is 0 Å². The van der Waals surface area contributed by atoms with Crippen LogP contribution in [0.15, 0.2) is 53.5 Å². The van der Waals surface area contributed by atoms with E-state index in [1.54, 1.807) is 24.3 Å². The lowest BCUT2D eigenvalue weighted by Gasteiger charge is -2.15. The van der Waals surface area contributed by atoms with E-state index in [2.05, 4.69) is 10.3 Å². The van der Waals surface area contributed by atoms with Crippen LogP contribution in [0.4, 0.5) is 18.9 Å². The van der Waals surface area contributed by atoms with Gasteiger partial charge in [-0.15, -0.1) is 0 Å². The van der Waals surface area contributed by atoms with E-state index in [0.29, 0.717) is 5.69 Å². The number of para-hydroxylation sites is 1. The number of anilines is 1. The van der Waals surface area contributed by atoms with Crippen molar-refractivity contribution >= 4 is 17.8 Å². The Kier molecular flexibility index (Phi) is 3.90. The third-order valence-corrected chi connectivity index (χ3v) is 3.65. The molecule has 0 fully saturated rings. The van der Waals surface area contributed by atoms with E-state index in [9.17, 15) is 18.0 Å². The first-order chi connectivity index (χ1) is 10.9. The Morgan fingerprint density at radius 2 is 1.74 bits per heavy atom. The molecule has 0 radical (unpaired) electrons. The molecule has 23 heavy (non-hydrogen) atoms. The third kappa shape index (κ3) is 3.26. The van der Waals surface area contributed by atoms with E-state index in [4.69, 9.17) is 0 Å². The molecule has 0 aromatic heterocycles. The van der Waals surface area contributed by atoms with Gasteiger partial charge in [-0.3, -0.25) is 9.79 Å². The highest BCUT2D eigenvalue weighted by Gasteiger charge is 2.34. The lowest BCUT2D eigenvalue weighted by atomic mass is 9.99. The second-order valence-corrected chi connectivity index (χ2v) is 5.23. The van der Waals surface area contributed by atoms with Gasteiger partial charge in [0.1, 0.15) is 6.04 Å². The number of benzene rings is 2. The molecule has 0 saturated heterocycles. The zero-order valence-corrected chi connectivity index (χ0v) is 12.0. The molecule has 2 aromatic rings. The minimum atomic E-state index is -4.45. The second-order valence-electron chi connectivity index (χ2n) is 5.23. The predicted octanol–water partition coefficient (Wildman–Crippen LogP) is 3.69. The molecular formula is C17H13F3N2O. The van der Waals surface area contributed by atoms with E-state index in [0.717, 1.165) is 11.6 Å². The summed E-state index contributed by atoms with van der Waals surface area (Å²) in [6.45, 7) is 0. The molecule has 118 valence electrons. The average Bonchev–Trinajstić information content (AvgIpc) is 2.66. The van der Waals surface area contributed by atoms with Crippen molar-refractivity contribution in [2.24, 2.45) is 4.99 Å². The molecule has 3 nitrogen and oxygen atoms in total. The first kappa shape index (κ1) is 15.3. The standard InChI is InChI=1S/C17H13F3N2O/c18-17(19,20)13-7-3-1-5-11(13)9-15-16(23)22-14-8-4-2-6-12(14)10-21-15/h1-8,10,15H,9H2,(H,22,23). The summed E-state index contributed by atoms with van der Waals surface area (Å²) < 4.78 is 39.2. The molecular weight excluding hydrogens is 305 g/mol. The summed E-state index contributed by atoms with van der Waals surface area (Å²) in [5, 5.41) is 2.71. The number of amides is 1. The molecule has 1 unspecified atom stereocenters. The van der Waals surface area contributed by atoms with Crippen molar-refractivity contribution in [1.82, 2.24) is 0 Å². The van der Waals surface area contributed by atoms with Crippen molar-refractivity contribution in [3.63, 3.8) is 0 Å². The number of fused-ring (bicyclic) bond motifs is 1. The Hall–Kier alpha value is -2.63. The molecule has 1 atom stereocenters. The second kappa shape index (κ2) is 5.87. The fourth-order valence-electron chi connectivity index (χ4n) is 2.51. The van der Waals surface area contributed by atoms with Gasteiger partial charge in [0.25, 0.3) is 0 Å². The van der Waals surface area contributed by atoms with E-state index in [-0.39, 0.29) is 12.0 Å². The molecule has 0 aliphatic carbocycles. The van der Waals surface area contributed by atoms with E-state index in [1.807, 2.05) is 0 Å². The van der Waals surface area contributed by atoms with Gasteiger partial charge in [0.2, 0.25) is 5.91 Å². The van der Waals surface area contributed by atoms with E-state index in [1.165, 1.54) is 24.4 Å². The van der Waals surface area contributed by atoms with Crippen LogP contribution >= 0.6 is 0 Å². The predicted molar refractivity (Wildman–Crippen MR) is 81.6 cm³/mol. The van der Waals surface area contributed by atoms with Gasteiger partial charge < -0.3 is 5.32 Å². The molecule has 3 rings (SSSR count). The van der Waals surface area contributed by atoms with E-state index >= 15 is 0 Å². The number of carbonyl (C=O) groups excluding carboxylic acids is 1.